The van der Waals surface area contributed by atoms with Gasteiger partial charge in [0.25, 0.3) is 0 Å². The van der Waals surface area contributed by atoms with E-state index in [4.69, 9.17) is 9.47 Å². The van der Waals surface area contributed by atoms with Crippen molar-refractivity contribution in [1.29, 1.82) is 0 Å². The molecule has 0 aromatic heterocycles. The molecule has 390 valence electrons. The number of nitrogens with zero attached hydrogens (tertiary/aromatic N) is 2. The summed E-state index contributed by atoms with van der Waals surface area (Å²) < 4.78 is 13.7. The average molecular weight is 1050 g/mol. The van der Waals surface area contributed by atoms with Crippen LogP contribution in [0.5, 0.6) is 23.0 Å². The Labute approximate surface area is 479 Å². The van der Waals surface area contributed by atoms with Crippen molar-refractivity contribution in [2.24, 2.45) is 0 Å². The number of rotatable bonds is 5. The number of ether oxygens (including phenoxy) is 2. The van der Waals surface area contributed by atoms with E-state index in [1.165, 1.54) is 44.5 Å². The van der Waals surface area contributed by atoms with Gasteiger partial charge in [-0.1, -0.05) is 221 Å². The lowest BCUT2D eigenvalue weighted by Gasteiger charge is -2.49. The fourth-order valence-corrected chi connectivity index (χ4v) is 14.0. The summed E-state index contributed by atoms with van der Waals surface area (Å²) in [6, 6.07) is 105. The summed E-state index contributed by atoms with van der Waals surface area (Å²) in [7, 11) is 0. The van der Waals surface area contributed by atoms with Gasteiger partial charge >= 0.3 is 0 Å². The molecule has 4 aliphatic rings. The second-order valence-corrected chi connectivity index (χ2v) is 23.1. The molecule has 0 radical (unpaired) electrons. The third-order valence-corrected chi connectivity index (χ3v) is 17.7. The molecule has 0 bridgehead atoms. The summed E-state index contributed by atoms with van der Waals surface area (Å²) in [6.07, 6.45) is 0. The van der Waals surface area contributed by atoms with Crippen molar-refractivity contribution in [3.8, 4) is 56.4 Å². The lowest BCUT2D eigenvalue weighted by atomic mass is 9.60. The number of hydrogen-bond donors (Lipinski definition) is 0. The number of benzene rings is 12. The van der Waals surface area contributed by atoms with E-state index in [9.17, 15) is 0 Å². The Hall–Kier alpha value is -10.2. The van der Waals surface area contributed by atoms with Gasteiger partial charge in [0.1, 0.15) is 23.0 Å². The van der Waals surface area contributed by atoms with Crippen LogP contribution in [0.25, 0.3) is 33.4 Å². The van der Waals surface area contributed by atoms with Crippen LogP contribution in [0.2, 0.25) is 0 Å². The number of hydrogen-bond acceptors (Lipinski definition) is 4. The molecule has 4 nitrogen and oxygen atoms in total. The standard InChI is InChI=1S/C78H56N2O2/c1-76(2,3)57-40-47-71-67(50-57)78(63-27-13-18-32-74(63)82-75-33-19-14-28-64(75)78)66-49-56(39-46-70(66)80(71)59-41-34-53(35-42-59)51-20-6-4-7-21-51)54-36-43-58(44-37-54)79-68-29-15-10-24-60(68)77(65-48-55(38-45-69(65)79)52-22-8-5-9-23-52)61-25-11-16-30-72(61)81-73-31-17-12-26-62(73)77/h4-50H,1-3H3. The molecule has 0 amide bonds. The van der Waals surface area contributed by atoms with Crippen molar-refractivity contribution < 1.29 is 9.47 Å². The minimum atomic E-state index is -0.745. The van der Waals surface area contributed by atoms with E-state index in [1.54, 1.807) is 0 Å². The van der Waals surface area contributed by atoms with Gasteiger partial charge < -0.3 is 19.3 Å². The Balaban J connectivity index is 0.898. The Bertz CT molecular complexity index is 4410. The molecule has 0 unspecified atom stereocenters. The Kier molecular flexibility index (Phi) is 10.6. The molecule has 0 saturated heterocycles. The van der Waals surface area contributed by atoms with Gasteiger partial charge in [-0.25, -0.2) is 0 Å². The van der Waals surface area contributed by atoms with Crippen LogP contribution in [0, 0.1) is 0 Å². The summed E-state index contributed by atoms with van der Waals surface area (Å²) in [5, 5.41) is 0. The third kappa shape index (κ3) is 6.97. The molecule has 0 fully saturated rings. The van der Waals surface area contributed by atoms with Gasteiger partial charge in [-0.05, 0) is 152 Å². The van der Waals surface area contributed by atoms with E-state index in [2.05, 4.69) is 316 Å². The van der Waals surface area contributed by atoms with Crippen LogP contribution < -0.4 is 19.3 Å². The normalized spacial score (nSPS) is 14.4. The predicted molar refractivity (Wildman–Crippen MR) is 335 cm³/mol. The van der Waals surface area contributed by atoms with Gasteiger partial charge in [-0.3, -0.25) is 0 Å². The van der Waals surface area contributed by atoms with E-state index >= 15 is 0 Å². The largest absolute Gasteiger partial charge is 0.457 e. The fourth-order valence-electron chi connectivity index (χ4n) is 14.0. The molecule has 0 N–H and O–H groups in total. The van der Waals surface area contributed by atoms with E-state index in [0.29, 0.717) is 0 Å². The molecule has 2 spiro atoms. The van der Waals surface area contributed by atoms with Gasteiger partial charge in [-0.2, -0.15) is 0 Å². The summed E-state index contributed by atoms with van der Waals surface area (Å²) in [5.74, 6) is 3.46. The molecular weight excluding hydrogens is 997 g/mol. The monoisotopic (exact) mass is 1050 g/mol. The predicted octanol–water partition coefficient (Wildman–Crippen LogP) is 20.5. The molecule has 4 heterocycles. The number of anilines is 6. The average Bonchev–Trinajstić information content (AvgIpc) is 1.53. The molecular formula is C78H56N2O2. The zero-order chi connectivity index (χ0) is 54.7. The van der Waals surface area contributed by atoms with Gasteiger partial charge in [0.15, 0.2) is 0 Å². The van der Waals surface area contributed by atoms with Gasteiger partial charge in [0.2, 0.25) is 0 Å². The first-order valence-corrected chi connectivity index (χ1v) is 28.5. The first kappa shape index (κ1) is 47.8. The molecule has 4 aliphatic heterocycles. The zero-order valence-corrected chi connectivity index (χ0v) is 45.8. The quantitative estimate of drug-likeness (QED) is 0.171. The minimum absolute atomic E-state index is 0.119. The molecule has 0 aliphatic carbocycles. The zero-order valence-electron chi connectivity index (χ0n) is 45.8. The number of fused-ring (bicyclic) bond motifs is 16. The highest BCUT2D eigenvalue weighted by Crippen LogP contribution is 2.65. The first-order valence-electron chi connectivity index (χ1n) is 28.5. The third-order valence-electron chi connectivity index (χ3n) is 17.7. The summed E-state index contributed by atoms with van der Waals surface area (Å²) in [5.41, 5.74) is 22.7. The minimum Gasteiger partial charge on any atom is -0.457 e. The molecule has 0 saturated carbocycles. The number of para-hydroxylation sites is 5. The van der Waals surface area contributed by atoms with Gasteiger partial charge in [0.05, 0.1) is 33.6 Å². The highest BCUT2D eigenvalue weighted by molar-refractivity contribution is 5.95. The topological polar surface area (TPSA) is 24.9 Å². The van der Waals surface area contributed by atoms with Crippen LogP contribution in [0.4, 0.5) is 34.1 Å². The van der Waals surface area contributed by atoms with Crippen LogP contribution in [-0.4, -0.2) is 0 Å². The highest BCUT2D eigenvalue weighted by atomic mass is 16.5. The fraction of sp³-hybridized carbons (Fsp3) is 0.0769. The molecule has 0 atom stereocenters. The van der Waals surface area contributed by atoms with Crippen LogP contribution in [-0.2, 0) is 16.2 Å². The van der Waals surface area contributed by atoms with E-state index < -0.39 is 10.8 Å². The maximum absolute atomic E-state index is 6.91. The van der Waals surface area contributed by atoms with E-state index in [-0.39, 0.29) is 5.41 Å². The van der Waals surface area contributed by atoms with Crippen molar-refractivity contribution in [2.45, 2.75) is 37.0 Å². The maximum Gasteiger partial charge on any atom is 0.132 e. The SMILES string of the molecule is CC(C)(C)c1ccc2c(c1)C1(c3ccccc3Oc3ccccc31)c1cc(-c3ccc(N4c5ccccc5C5(c6ccccc6Oc6ccccc65)c5cc(-c6ccccc6)ccc54)cc3)ccc1N2c1ccc(-c2ccccc2)cc1. The summed E-state index contributed by atoms with van der Waals surface area (Å²) in [4.78, 5) is 4.96. The molecule has 16 rings (SSSR count). The maximum atomic E-state index is 6.91. The Morgan fingerprint density at radius 3 is 1.00 bits per heavy atom. The van der Waals surface area contributed by atoms with E-state index in [0.717, 1.165) is 96.1 Å². The van der Waals surface area contributed by atoms with E-state index in [1.807, 2.05) is 0 Å². The van der Waals surface area contributed by atoms with Crippen LogP contribution in [0.15, 0.2) is 285 Å². The van der Waals surface area contributed by atoms with Crippen molar-refractivity contribution >= 4 is 34.1 Å². The molecule has 4 heteroatoms. The Morgan fingerprint density at radius 2 is 0.561 bits per heavy atom. The lowest BCUT2D eigenvalue weighted by molar-refractivity contribution is 0.433. The van der Waals surface area contributed by atoms with Gasteiger partial charge in [0, 0.05) is 33.6 Å². The van der Waals surface area contributed by atoms with Gasteiger partial charge in [-0.15, -0.1) is 0 Å². The first-order chi connectivity index (χ1) is 40.3. The van der Waals surface area contributed by atoms with Crippen LogP contribution in [0.3, 0.4) is 0 Å². The summed E-state index contributed by atoms with van der Waals surface area (Å²) in [6.45, 7) is 6.95. The highest BCUT2D eigenvalue weighted by Gasteiger charge is 2.53. The second kappa shape index (κ2) is 18.2. The van der Waals surface area contributed by atoms with Crippen molar-refractivity contribution in [3.63, 3.8) is 0 Å². The Morgan fingerprint density at radius 1 is 0.256 bits per heavy atom. The van der Waals surface area contributed by atoms with Crippen LogP contribution >= 0.6 is 0 Å². The molecule has 12 aromatic rings. The van der Waals surface area contributed by atoms with Crippen molar-refractivity contribution in [3.05, 3.63) is 335 Å². The van der Waals surface area contributed by atoms with Crippen molar-refractivity contribution in [1.82, 2.24) is 0 Å². The van der Waals surface area contributed by atoms with Crippen molar-refractivity contribution in [2.75, 3.05) is 9.80 Å². The second-order valence-electron chi connectivity index (χ2n) is 23.1. The lowest BCUT2D eigenvalue weighted by Crippen LogP contribution is -2.40. The summed E-state index contributed by atoms with van der Waals surface area (Å²) >= 11 is 0. The smallest absolute Gasteiger partial charge is 0.132 e. The molecule has 12 aromatic carbocycles. The molecule has 82 heavy (non-hydrogen) atoms. The van der Waals surface area contributed by atoms with Crippen LogP contribution in [0.1, 0.15) is 70.8 Å².